The van der Waals surface area contributed by atoms with Gasteiger partial charge in [0, 0.05) is 18.9 Å². The van der Waals surface area contributed by atoms with Gasteiger partial charge in [0.25, 0.3) is 0 Å². The van der Waals surface area contributed by atoms with E-state index in [-0.39, 0.29) is 0 Å². The maximum Gasteiger partial charge on any atom is 0.309 e. The molecule has 1 saturated heterocycles. The Morgan fingerprint density at radius 3 is 2.71 bits per heavy atom. The van der Waals surface area contributed by atoms with Gasteiger partial charge >= 0.3 is 5.97 Å². The molecule has 0 spiro atoms. The molecule has 0 radical (unpaired) electrons. The van der Waals surface area contributed by atoms with Crippen molar-refractivity contribution in [1.29, 1.82) is 0 Å². The zero-order chi connectivity index (χ0) is 15.0. The summed E-state index contributed by atoms with van der Waals surface area (Å²) in [6.45, 7) is 6.33. The number of imidazole rings is 1. The molecule has 2 aromatic heterocycles. The average molecular weight is 287 g/mol. The Bertz CT molecular complexity index is 669. The number of likely N-dealkylation sites (tertiary alicyclic amines) is 1. The zero-order valence-corrected chi connectivity index (χ0v) is 12.5. The van der Waals surface area contributed by atoms with Gasteiger partial charge in [-0.2, -0.15) is 0 Å². The summed E-state index contributed by atoms with van der Waals surface area (Å²) in [5.41, 5.74) is 2.65. The number of rotatable bonds is 3. The van der Waals surface area contributed by atoms with Crippen LogP contribution in [-0.4, -0.2) is 38.4 Å². The molecule has 112 valence electrons. The van der Waals surface area contributed by atoms with E-state index < -0.39 is 11.4 Å². The molecule has 0 unspecified atom stereocenters. The molecule has 2 aromatic rings. The molecule has 0 atom stereocenters. The van der Waals surface area contributed by atoms with Crippen molar-refractivity contribution in [3.05, 3.63) is 35.8 Å². The highest BCUT2D eigenvalue weighted by Gasteiger charge is 2.36. The van der Waals surface area contributed by atoms with Crippen LogP contribution in [0, 0.1) is 12.3 Å². The quantitative estimate of drug-likeness (QED) is 0.941. The molecule has 1 N–H and O–H groups in total. The van der Waals surface area contributed by atoms with Crippen molar-refractivity contribution in [2.45, 2.75) is 33.2 Å². The second-order valence-corrected chi connectivity index (χ2v) is 6.35. The van der Waals surface area contributed by atoms with Gasteiger partial charge in [-0.3, -0.25) is 9.69 Å². The largest absolute Gasteiger partial charge is 0.481 e. The second-order valence-electron chi connectivity index (χ2n) is 6.35. The average Bonchev–Trinajstić information content (AvgIpc) is 2.82. The molecule has 0 aromatic carbocycles. The fourth-order valence-corrected chi connectivity index (χ4v) is 2.88. The summed E-state index contributed by atoms with van der Waals surface area (Å²) in [5, 5.41) is 9.26. The number of fused-ring (bicyclic) bond motifs is 1. The monoisotopic (exact) mass is 287 g/mol. The Labute approximate surface area is 124 Å². The fraction of sp³-hybridized carbons (Fsp3) is 0.500. The third-order valence-electron chi connectivity index (χ3n) is 4.51. The number of nitrogens with zero attached hydrogens (tertiary/aromatic N) is 3. The SMILES string of the molecule is Cc1ccc2nc(CN3CCC(C)(C(=O)O)CC3)cn2c1. The first-order valence-corrected chi connectivity index (χ1v) is 7.36. The van der Waals surface area contributed by atoms with E-state index in [2.05, 4.69) is 39.7 Å². The number of hydrogen-bond donors (Lipinski definition) is 1. The first-order chi connectivity index (χ1) is 9.96. The van der Waals surface area contributed by atoms with Gasteiger partial charge in [-0.25, -0.2) is 4.98 Å². The van der Waals surface area contributed by atoms with Crippen LogP contribution in [0.4, 0.5) is 0 Å². The van der Waals surface area contributed by atoms with Gasteiger partial charge in [0.2, 0.25) is 0 Å². The van der Waals surface area contributed by atoms with Crippen molar-refractivity contribution < 1.29 is 9.90 Å². The minimum atomic E-state index is -0.676. The smallest absolute Gasteiger partial charge is 0.309 e. The Morgan fingerprint density at radius 2 is 2.05 bits per heavy atom. The molecule has 5 heteroatoms. The van der Waals surface area contributed by atoms with Gasteiger partial charge in [0.15, 0.2) is 0 Å². The highest BCUT2D eigenvalue weighted by Crippen LogP contribution is 2.31. The summed E-state index contributed by atoms with van der Waals surface area (Å²) in [6.07, 6.45) is 5.54. The van der Waals surface area contributed by atoms with Crippen molar-refractivity contribution in [2.24, 2.45) is 5.41 Å². The lowest BCUT2D eigenvalue weighted by molar-refractivity contribution is -0.150. The van der Waals surface area contributed by atoms with E-state index in [1.54, 1.807) is 0 Å². The van der Waals surface area contributed by atoms with Crippen LogP contribution in [0.5, 0.6) is 0 Å². The number of hydrogen-bond acceptors (Lipinski definition) is 3. The first kappa shape index (κ1) is 14.1. The lowest BCUT2D eigenvalue weighted by Crippen LogP contribution is -2.42. The van der Waals surface area contributed by atoms with Gasteiger partial charge in [-0.1, -0.05) is 6.07 Å². The summed E-state index contributed by atoms with van der Waals surface area (Å²) in [6, 6.07) is 4.09. The van der Waals surface area contributed by atoms with Crippen molar-refractivity contribution in [1.82, 2.24) is 14.3 Å². The van der Waals surface area contributed by atoms with E-state index in [1.807, 2.05) is 13.0 Å². The zero-order valence-electron chi connectivity index (χ0n) is 12.5. The molecule has 3 heterocycles. The molecule has 21 heavy (non-hydrogen) atoms. The summed E-state index contributed by atoms with van der Waals surface area (Å²) >= 11 is 0. The molecule has 0 aliphatic carbocycles. The van der Waals surface area contributed by atoms with E-state index in [4.69, 9.17) is 0 Å². The van der Waals surface area contributed by atoms with E-state index >= 15 is 0 Å². The Morgan fingerprint density at radius 1 is 1.33 bits per heavy atom. The molecule has 1 fully saturated rings. The van der Waals surface area contributed by atoms with Crippen molar-refractivity contribution in [2.75, 3.05) is 13.1 Å². The van der Waals surface area contributed by atoms with Crippen LogP contribution in [0.15, 0.2) is 24.5 Å². The van der Waals surface area contributed by atoms with Crippen LogP contribution in [0.3, 0.4) is 0 Å². The molecule has 5 nitrogen and oxygen atoms in total. The maximum atomic E-state index is 11.3. The van der Waals surface area contributed by atoms with Gasteiger partial charge < -0.3 is 9.51 Å². The number of aryl methyl sites for hydroxylation is 1. The lowest BCUT2D eigenvalue weighted by atomic mass is 9.80. The van der Waals surface area contributed by atoms with E-state index in [9.17, 15) is 9.90 Å². The summed E-state index contributed by atoms with van der Waals surface area (Å²) < 4.78 is 2.05. The van der Waals surface area contributed by atoms with Crippen molar-refractivity contribution >= 4 is 11.6 Å². The van der Waals surface area contributed by atoms with Gasteiger partial charge in [-0.15, -0.1) is 0 Å². The summed E-state index contributed by atoms with van der Waals surface area (Å²) in [4.78, 5) is 18.2. The van der Waals surface area contributed by atoms with E-state index in [1.165, 1.54) is 5.56 Å². The van der Waals surface area contributed by atoms with Crippen LogP contribution < -0.4 is 0 Å². The molecule has 0 amide bonds. The highest BCUT2D eigenvalue weighted by atomic mass is 16.4. The van der Waals surface area contributed by atoms with Gasteiger partial charge in [0.05, 0.1) is 11.1 Å². The minimum absolute atomic E-state index is 0.563. The lowest BCUT2D eigenvalue weighted by Gasteiger charge is -2.36. The molecule has 1 aliphatic heterocycles. The number of carbonyl (C=O) groups is 1. The van der Waals surface area contributed by atoms with Gasteiger partial charge in [-0.05, 0) is 51.4 Å². The number of aromatic nitrogens is 2. The number of carboxylic acid groups (broad SMARTS) is 1. The molecule has 0 saturated carbocycles. The summed E-state index contributed by atoms with van der Waals surface area (Å²) in [7, 11) is 0. The van der Waals surface area contributed by atoms with E-state index in [0.29, 0.717) is 12.8 Å². The number of carboxylic acids is 1. The Kier molecular flexibility index (Phi) is 3.45. The maximum absolute atomic E-state index is 11.3. The second kappa shape index (κ2) is 5.15. The number of piperidine rings is 1. The van der Waals surface area contributed by atoms with Crippen LogP contribution in [0.25, 0.3) is 5.65 Å². The predicted molar refractivity (Wildman–Crippen MR) is 80.2 cm³/mol. The molecule has 3 rings (SSSR count). The highest BCUT2D eigenvalue weighted by molar-refractivity contribution is 5.74. The molecular formula is C16H21N3O2. The first-order valence-electron chi connectivity index (χ1n) is 7.36. The third-order valence-corrected chi connectivity index (χ3v) is 4.51. The molecule has 1 aliphatic rings. The van der Waals surface area contributed by atoms with Crippen LogP contribution in [0.2, 0.25) is 0 Å². The van der Waals surface area contributed by atoms with Crippen molar-refractivity contribution in [3.63, 3.8) is 0 Å². The molecule has 0 bridgehead atoms. The predicted octanol–water partition coefficient (Wildman–Crippen LogP) is 2.33. The van der Waals surface area contributed by atoms with E-state index in [0.717, 1.165) is 31.0 Å². The topological polar surface area (TPSA) is 57.8 Å². The van der Waals surface area contributed by atoms with Crippen molar-refractivity contribution in [3.8, 4) is 0 Å². The van der Waals surface area contributed by atoms with Crippen LogP contribution in [-0.2, 0) is 11.3 Å². The minimum Gasteiger partial charge on any atom is -0.481 e. The van der Waals surface area contributed by atoms with Gasteiger partial charge in [0.1, 0.15) is 5.65 Å². The van der Waals surface area contributed by atoms with Crippen LogP contribution in [0.1, 0.15) is 31.0 Å². The fourth-order valence-electron chi connectivity index (χ4n) is 2.88. The summed E-state index contributed by atoms with van der Waals surface area (Å²) in [5.74, 6) is -0.676. The third kappa shape index (κ3) is 2.78. The number of aliphatic carboxylic acids is 1. The molecular weight excluding hydrogens is 266 g/mol. The number of pyridine rings is 1. The Balaban J connectivity index is 1.68. The normalized spacial score (nSPS) is 19.0. The van der Waals surface area contributed by atoms with Crippen LogP contribution >= 0.6 is 0 Å². The Hall–Kier alpha value is -1.88. The standard InChI is InChI=1S/C16H21N3O2/c1-12-3-4-14-17-13(11-19(14)9-12)10-18-7-5-16(2,6-8-18)15(20)21/h3-4,9,11H,5-8,10H2,1-2H3,(H,20,21).